The summed E-state index contributed by atoms with van der Waals surface area (Å²) >= 11 is 0. The molecule has 1 rings (SSSR count). The molecular formula is C20H35N2O6P. The molecule has 8 nitrogen and oxygen atoms in total. The Morgan fingerprint density at radius 3 is 2.52 bits per heavy atom. The number of carbonyl (C=O) groups is 1. The minimum Gasteiger partial charge on any atom is -0.459 e. The van der Waals surface area contributed by atoms with Crippen LogP contribution in [-0.4, -0.2) is 32.8 Å². The lowest BCUT2D eigenvalue weighted by Crippen LogP contribution is -2.19. The van der Waals surface area contributed by atoms with Gasteiger partial charge in [0.25, 0.3) is 0 Å². The number of phosphoric acid groups is 1. The summed E-state index contributed by atoms with van der Waals surface area (Å²) in [5, 5.41) is 0. The number of esters is 1. The Hall–Kier alpha value is -1.63. The fourth-order valence-electron chi connectivity index (χ4n) is 2.82. The number of hydrogen-bond acceptors (Lipinski definition) is 6. The van der Waals surface area contributed by atoms with Gasteiger partial charge >= 0.3 is 13.8 Å². The van der Waals surface area contributed by atoms with Crippen LogP contribution in [0, 0.1) is 0 Å². The molecule has 166 valence electrons. The molecule has 9 heteroatoms. The third-order valence-corrected chi connectivity index (χ3v) is 5.34. The number of aromatic nitrogens is 2. The molecule has 0 fully saturated rings. The van der Waals surface area contributed by atoms with Crippen molar-refractivity contribution in [1.29, 1.82) is 0 Å². The Morgan fingerprint density at radius 2 is 1.90 bits per heavy atom. The largest absolute Gasteiger partial charge is 0.546 e. The standard InChI is InChI=1S/C20H35N2O6P/c1-5-6-7-8-9-12-19(13-10-11-18(4)26-20(23)17(2)3)27-29(24,25)28-22-15-14-21-16-22/h14-16,18-19H,2,5-13H2,1,3-4H3,(H,24,25). The topological polar surface area (TPSA) is 99.9 Å². The van der Waals surface area contributed by atoms with E-state index in [2.05, 4.69) is 18.5 Å². The summed E-state index contributed by atoms with van der Waals surface area (Å²) in [7, 11) is -4.27. The van der Waals surface area contributed by atoms with Crippen LogP contribution in [0.25, 0.3) is 0 Å². The first-order valence-electron chi connectivity index (χ1n) is 10.3. The molecule has 1 N–H and O–H groups in total. The Balaban J connectivity index is 2.52. The van der Waals surface area contributed by atoms with E-state index in [1.54, 1.807) is 6.92 Å². The molecule has 0 saturated carbocycles. The van der Waals surface area contributed by atoms with Crippen molar-refractivity contribution in [2.75, 3.05) is 0 Å². The first-order valence-corrected chi connectivity index (χ1v) is 11.8. The highest BCUT2D eigenvalue weighted by Crippen LogP contribution is 2.42. The Labute approximate surface area is 173 Å². The van der Waals surface area contributed by atoms with E-state index in [1.807, 2.05) is 6.92 Å². The van der Waals surface area contributed by atoms with Gasteiger partial charge in [-0.05, 0) is 39.5 Å². The van der Waals surface area contributed by atoms with E-state index in [0.29, 0.717) is 31.3 Å². The molecule has 3 unspecified atom stereocenters. The van der Waals surface area contributed by atoms with Crippen LogP contribution in [0.1, 0.15) is 78.6 Å². The van der Waals surface area contributed by atoms with E-state index in [1.165, 1.54) is 25.1 Å². The second-order valence-corrected chi connectivity index (χ2v) is 8.64. The number of carbonyl (C=O) groups excluding carboxylic acids is 1. The van der Waals surface area contributed by atoms with Gasteiger partial charge in [-0.3, -0.25) is 9.42 Å². The van der Waals surface area contributed by atoms with Crippen LogP contribution in [0.4, 0.5) is 0 Å². The summed E-state index contributed by atoms with van der Waals surface area (Å²) in [6, 6.07) is 0. The van der Waals surface area contributed by atoms with Crippen molar-refractivity contribution in [3.63, 3.8) is 0 Å². The second-order valence-electron chi connectivity index (χ2n) is 7.33. The van der Waals surface area contributed by atoms with Crippen LogP contribution in [0.3, 0.4) is 0 Å². The molecule has 0 radical (unpaired) electrons. The number of nitrogens with zero attached hydrogens (tertiary/aromatic N) is 2. The predicted molar refractivity (Wildman–Crippen MR) is 111 cm³/mol. The van der Waals surface area contributed by atoms with E-state index in [9.17, 15) is 14.3 Å². The van der Waals surface area contributed by atoms with Crippen LogP contribution in [0.15, 0.2) is 30.9 Å². The molecule has 0 aliphatic heterocycles. The van der Waals surface area contributed by atoms with Gasteiger partial charge in [-0.1, -0.05) is 45.6 Å². The van der Waals surface area contributed by atoms with Crippen molar-refractivity contribution >= 4 is 13.8 Å². The van der Waals surface area contributed by atoms with E-state index in [-0.39, 0.29) is 6.10 Å². The Morgan fingerprint density at radius 1 is 1.21 bits per heavy atom. The minimum atomic E-state index is -4.27. The van der Waals surface area contributed by atoms with E-state index in [0.717, 1.165) is 30.4 Å². The van der Waals surface area contributed by atoms with Crippen LogP contribution in [-0.2, 0) is 18.6 Å². The average molecular weight is 430 g/mol. The highest BCUT2D eigenvalue weighted by Gasteiger charge is 2.28. The molecule has 1 aromatic heterocycles. The molecule has 0 bridgehead atoms. The van der Waals surface area contributed by atoms with Gasteiger partial charge in [0.15, 0.2) is 0 Å². The lowest BCUT2D eigenvalue weighted by Gasteiger charge is -2.21. The summed E-state index contributed by atoms with van der Waals surface area (Å²) in [4.78, 5) is 25.4. The molecule has 0 spiro atoms. The Bertz CT molecular complexity index is 649. The zero-order valence-corrected chi connectivity index (χ0v) is 18.7. The molecule has 0 saturated heterocycles. The van der Waals surface area contributed by atoms with Gasteiger partial charge in [-0.15, -0.1) is 0 Å². The van der Waals surface area contributed by atoms with Gasteiger partial charge in [0, 0.05) is 11.8 Å². The number of rotatable bonds is 16. The monoisotopic (exact) mass is 430 g/mol. The van der Waals surface area contributed by atoms with Gasteiger partial charge in [0.1, 0.15) is 6.33 Å². The lowest BCUT2D eigenvalue weighted by molar-refractivity contribution is -0.143. The molecule has 0 aromatic carbocycles. The number of ether oxygens (including phenoxy) is 1. The van der Waals surface area contributed by atoms with Gasteiger partial charge < -0.3 is 9.36 Å². The summed E-state index contributed by atoms with van der Waals surface area (Å²) < 4.78 is 29.1. The van der Waals surface area contributed by atoms with E-state index < -0.39 is 19.9 Å². The first-order chi connectivity index (χ1) is 13.7. The number of unbranched alkanes of at least 4 members (excludes halogenated alkanes) is 4. The zero-order chi connectivity index (χ0) is 21.7. The summed E-state index contributed by atoms with van der Waals surface area (Å²) in [5.41, 5.74) is 0.364. The fourth-order valence-corrected chi connectivity index (χ4v) is 3.78. The highest BCUT2D eigenvalue weighted by atomic mass is 31.2. The minimum absolute atomic E-state index is 0.257. The van der Waals surface area contributed by atoms with Crippen LogP contribution < -0.4 is 4.62 Å². The summed E-state index contributed by atoms with van der Waals surface area (Å²) in [6.07, 6.45) is 11.5. The van der Waals surface area contributed by atoms with Crippen molar-refractivity contribution in [3.8, 4) is 0 Å². The zero-order valence-electron chi connectivity index (χ0n) is 17.8. The number of imidazole rings is 1. The number of hydrogen-bond donors (Lipinski definition) is 1. The van der Waals surface area contributed by atoms with E-state index >= 15 is 0 Å². The molecular weight excluding hydrogens is 395 g/mol. The molecule has 1 heterocycles. The normalized spacial score (nSPS) is 15.3. The Kier molecular flexibility index (Phi) is 11.9. The highest BCUT2D eigenvalue weighted by molar-refractivity contribution is 7.47. The maximum absolute atomic E-state index is 12.3. The van der Waals surface area contributed by atoms with Crippen molar-refractivity contribution in [2.24, 2.45) is 0 Å². The van der Waals surface area contributed by atoms with Gasteiger partial charge in [0.05, 0.1) is 18.4 Å². The van der Waals surface area contributed by atoms with Gasteiger partial charge in [-0.25, -0.2) is 14.3 Å². The first kappa shape index (κ1) is 25.4. The van der Waals surface area contributed by atoms with Gasteiger partial charge in [0.2, 0.25) is 0 Å². The smallest absolute Gasteiger partial charge is 0.459 e. The summed E-state index contributed by atoms with van der Waals surface area (Å²) in [5.74, 6) is -0.408. The fraction of sp³-hybridized carbons (Fsp3) is 0.700. The SMILES string of the molecule is C=C(C)C(=O)OC(C)CCCC(CCCCCCC)OP(=O)(O)On1ccnc1. The van der Waals surface area contributed by atoms with Crippen molar-refractivity contribution in [3.05, 3.63) is 30.9 Å². The van der Waals surface area contributed by atoms with E-state index in [4.69, 9.17) is 13.9 Å². The van der Waals surface area contributed by atoms with Gasteiger partial charge in [-0.2, -0.15) is 4.73 Å². The van der Waals surface area contributed by atoms with Crippen LogP contribution >= 0.6 is 7.82 Å². The third-order valence-electron chi connectivity index (χ3n) is 4.38. The van der Waals surface area contributed by atoms with Crippen molar-refractivity contribution < 1.29 is 28.1 Å². The molecule has 0 amide bonds. The summed E-state index contributed by atoms with van der Waals surface area (Å²) in [6.45, 7) is 9.15. The predicted octanol–water partition coefficient (Wildman–Crippen LogP) is 4.84. The molecule has 1 aromatic rings. The van der Waals surface area contributed by atoms with Crippen LogP contribution in [0.2, 0.25) is 0 Å². The van der Waals surface area contributed by atoms with Crippen molar-refractivity contribution in [1.82, 2.24) is 9.71 Å². The van der Waals surface area contributed by atoms with Crippen molar-refractivity contribution in [2.45, 2.75) is 90.8 Å². The van der Waals surface area contributed by atoms with Crippen LogP contribution in [0.5, 0.6) is 0 Å². The second kappa shape index (κ2) is 13.6. The average Bonchev–Trinajstić information content (AvgIpc) is 3.12. The number of phosphoric ester groups is 1. The third kappa shape index (κ3) is 11.8. The molecule has 0 aliphatic rings. The molecule has 29 heavy (non-hydrogen) atoms. The maximum atomic E-state index is 12.3. The molecule has 0 aliphatic carbocycles. The lowest BCUT2D eigenvalue weighted by atomic mass is 10.0. The molecule has 3 atom stereocenters. The quantitative estimate of drug-likeness (QED) is 0.173. The maximum Gasteiger partial charge on any atom is 0.546 e.